The number of hydrogen-bond acceptors (Lipinski definition) is 3. The summed E-state index contributed by atoms with van der Waals surface area (Å²) in [7, 11) is -3.81. The van der Waals surface area contributed by atoms with Crippen LogP contribution in [0.4, 0.5) is 5.69 Å². The molecular weight excluding hydrogens is 382 g/mol. The van der Waals surface area contributed by atoms with Crippen LogP contribution in [-0.4, -0.2) is 26.0 Å². The second kappa shape index (κ2) is 5.65. The number of sulfonamides is 1. The van der Waals surface area contributed by atoms with Gasteiger partial charge in [0, 0.05) is 4.47 Å². The van der Waals surface area contributed by atoms with Crippen LogP contribution < -0.4 is 4.31 Å². The summed E-state index contributed by atoms with van der Waals surface area (Å²) in [5, 5.41) is 9.37. The summed E-state index contributed by atoms with van der Waals surface area (Å²) in [5.41, 5.74) is 1.76. The highest BCUT2D eigenvalue weighted by atomic mass is 79.9. The number of aliphatic carboxylic acids is 1. The fraction of sp³-hybridized carbons (Fsp3) is 0.188. The van der Waals surface area contributed by atoms with Gasteiger partial charge >= 0.3 is 5.97 Å². The summed E-state index contributed by atoms with van der Waals surface area (Å²) >= 11 is 3.35. The molecule has 1 N–H and O–H groups in total. The number of rotatable bonds is 3. The van der Waals surface area contributed by atoms with Crippen LogP contribution in [0, 0.1) is 6.92 Å². The standard InChI is InChI=1S/C16H14BrNO4S/c1-10-8-11(6-7-14(10)17)23(21,22)18-9-13(16(19)20)12-4-2-3-5-15(12)18/h2-8,13H,9H2,1H3,(H,19,20). The molecule has 1 unspecified atom stereocenters. The van der Waals surface area contributed by atoms with Gasteiger partial charge in [-0.2, -0.15) is 0 Å². The van der Waals surface area contributed by atoms with E-state index in [1.165, 1.54) is 10.4 Å². The van der Waals surface area contributed by atoms with Crippen molar-refractivity contribution < 1.29 is 18.3 Å². The van der Waals surface area contributed by atoms with Crippen LogP contribution >= 0.6 is 15.9 Å². The Morgan fingerprint density at radius 2 is 1.96 bits per heavy atom. The van der Waals surface area contributed by atoms with Gasteiger partial charge in [0.05, 0.1) is 17.1 Å². The van der Waals surface area contributed by atoms with Gasteiger partial charge in [-0.25, -0.2) is 8.42 Å². The molecular formula is C16H14BrNO4S. The van der Waals surface area contributed by atoms with Gasteiger partial charge in [0.2, 0.25) is 0 Å². The highest BCUT2D eigenvalue weighted by Crippen LogP contribution is 2.39. The molecule has 0 bridgehead atoms. The van der Waals surface area contributed by atoms with Crippen molar-refractivity contribution in [3.05, 3.63) is 58.1 Å². The van der Waals surface area contributed by atoms with Crippen molar-refractivity contribution in [2.24, 2.45) is 0 Å². The first-order chi connectivity index (χ1) is 10.8. The van der Waals surface area contributed by atoms with Crippen LogP contribution in [0.15, 0.2) is 51.8 Å². The van der Waals surface area contributed by atoms with Crippen molar-refractivity contribution in [1.29, 1.82) is 0 Å². The molecule has 3 rings (SSSR count). The van der Waals surface area contributed by atoms with E-state index in [0.717, 1.165) is 10.0 Å². The second-order valence-electron chi connectivity index (χ2n) is 5.40. The second-order valence-corrected chi connectivity index (χ2v) is 8.11. The van der Waals surface area contributed by atoms with E-state index < -0.39 is 21.9 Å². The third-order valence-corrected chi connectivity index (χ3v) is 6.61. The third-order valence-electron chi connectivity index (χ3n) is 3.94. The molecule has 0 saturated heterocycles. The molecule has 0 aliphatic carbocycles. The van der Waals surface area contributed by atoms with E-state index in [2.05, 4.69) is 15.9 Å². The molecule has 1 aliphatic heterocycles. The predicted octanol–water partition coefficient (Wildman–Crippen LogP) is 3.13. The number of aryl methyl sites for hydroxylation is 1. The molecule has 1 heterocycles. The SMILES string of the molecule is Cc1cc(S(=O)(=O)N2CC(C(=O)O)c3ccccc32)ccc1Br. The van der Waals surface area contributed by atoms with E-state index in [0.29, 0.717) is 11.3 Å². The quantitative estimate of drug-likeness (QED) is 0.865. The first kappa shape index (κ1) is 16.0. The van der Waals surface area contributed by atoms with E-state index >= 15 is 0 Å². The normalized spacial score (nSPS) is 17.1. The smallest absolute Gasteiger partial charge is 0.312 e. The Bertz CT molecular complexity index is 895. The number of benzene rings is 2. The van der Waals surface area contributed by atoms with Gasteiger partial charge in [0.15, 0.2) is 0 Å². The van der Waals surface area contributed by atoms with Crippen molar-refractivity contribution in [2.45, 2.75) is 17.7 Å². The molecule has 0 spiro atoms. The Kier molecular flexibility index (Phi) is 3.93. The molecule has 7 heteroatoms. The monoisotopic (exact) mass is 395 g/mol. The Morgan fingerprint density at radius 3 is 2.61 bits per heavy atom. The highest BCUT2D eigenvalue weighted by molar-refractivity contribution is 9.10. The van der Waals surface area contributed by atoms with Crippen LogP contribution in [0.2, 0.25) is 0 Å². The number of nitrogens with zero attached hydrogens (tertiary/aromatic N) is 1. The van der Waals surface area contributed by atoms with Crippen molar-refractivity contribution in [2.75, 3.05) is 10.8 Å². The molecule has 120 valence electrons. The Labute approximate surface area is 142 Å². The third kappa shape index (κ3) is 2.64. The number of anilines is 1. The van der Waals surface area contributed by atoms with Crippen LogP contribution in [0.3, 0.4) is 0 Å². The zero-order valence-corrected chi connectivity index (χ0v) is 14.6. The molecule has 0 amide bonds. The number of carboxylic acid groups (broad SMARTS) is 1. The minimum absolute atomic E-state index is 0.0911. The maximum Gasteiger partial charge on any atom is 0.312 e. The molecule has 2 aromatic carbocycles. The minimum Gasteiger partial charge on any atom is -0.481 e. The molecule has 5 nitrogen and oxygen atoms in total. The first-order valence-corrected chi connectivity index (χ1v) is 9.16. The molecule has 0 fully saturated rings. The fourth-order valence-corrected chi connectivity index (χ4v) is 4.55. The molecule has 0 aromatic heterocycles. The van der Waals surface area contributed by atoms with Crippen molar-refractivity contribution >= 4 is 37.6 Å². The number of para-hydroxylation sites is 1. The Morgan fingerprint density at radius 1 is 1.26 bits per heavy atom. The summed E-state index contributed by atoms with van der Waals surface area (Å²) in [6.07, 6.45) is 0. The Balaban J connectivity index is 2.11. The van der Waals surface area contributed by atoms with Gasteiger partial charge in [0.25, 0.3) is 10.0 Å². The number of fused-ring (bicyclic) bond motifs is 1. The lowest BCUT2D eigenvalue weighted by Crippen LogP contribution is -2.31. The van der Waals surface area contributed by atoms with E-state index in [1.54, 1.807) is 43.3 Å². The van der Waals surface area contributed by atoms with Crippen molar-refractivity contribution in [1.82, 2.24) is 0 Å². The van der Waals surface area contributed by atoms with E-state index in [9.17, 15) is 18.3 Å². The average Bonchev–Trinajstić information content (AvgIpc) is 2.90. The summed E-state index contributed by atoms with van der Waals surface area (Å²) in [6.45, 7) is 1.72. The number of carbonyl (C=O) groups is 1. The van der Waals surface area contributed by atoms with Crippen LogP contribution in [-0.2, 0) is 14.8 Å². The zero-order valence-electron chi connectivity index (χ0n) is 12.2. The van der Waals surface area contributed by atoms with Gasteiger partial charge in [-0.3, -0.25) is 9.10 Å². The van der Waals surface area contributed by atoms with Gasteiger partial charge < -0.3 is 5.11 Å². The van der Waals surface area contributed by atoms with Gasteiger partial charge in [-0.15, -0.1) is 0 Å². The largest absolute Gasteiger partial charge is 0.481 e. The predicted molar refractivity (Wildman–Crippen MR) is 90.2 cm³/mol. The minimum atomic E-state index is -3.81. The average molecular weight is 396 g/mol. The Hall–Kier alpha value is -1.86. The van der Waals surface area contributed by atoms with Crippen LogP contribution in [0.5, 0.6) is 0 Å². The molecule has 23 heavy (non-hydrogen) atoms. The van der Waals surface area contributed by atoms with Gasteiger partial charge in [-0.1, -0.05) is 34.1 Å². The number of halogens is 1. The van der Waals surface area contributed by atoms with Gasteiger partial charge in [-0.05, 0) is 42.3 Å². The molecule has 0 saturated carbocycles. The van der Waals surface area contributed by atoms with E-state index in [-0.39, 0.29) is 11.4 Å². The van der Waals surface area contributed by atoms with Crippen molar-refractivity contribution in [3.8, 4) is 0 Å². The van der Waals surface area contributed by atoms with E-state index in [1.807, 2.05) is 0 Å². The first-order valence-electron chi connectivity index (χ1n) is 6.93. The topological polar surface area (TPSA) is 74.7 Å². The maximum absolute atomic E-state index is 12.9. The molecule has 1 aliphatic rings. The zero-order chi connectivity index (χ0) is 16.8. The summed E-state index contributed by atoms with van der Waals surface area (Å²) in [5.74, 6) is -1.88. The maximum atomic E-state index is 12.9. The lowest BCUT2D eigenvalue weighted by molar-refractivity contribution is -0.138. The summed E-state index contributed by atoms with van der Waals surface area (Å²) < 4.78 is 27.9. The van der Waals surface area contributed by atoms with Gasteiger partial charge in [0.1, 0.15) is 5.92 Å². The fourth-order valence-electron chi connectivity index (χ4n) is 2.72. The number of carboxylic acids is 1. The van der Waals surface area contributed by atoms with Crippen molar-refractivity contribution in [3.63, 3.8) is 0 Å². The number of hydrogen-bond donors (Lipinski definition) is 1. The highest BCUT2D eigenvalue weighted by Gasteiger charge is 2.39. The van der Waals surface area contributed by atoms with E-state index in [4.69, 9.17) is 0 Å². The lowest BCUT2D eigenvalue weighted by atomic mass is 10.0. The lowest BCUT2D eigenvalue weighted by Gasteiger charge is -2.20. The summed E-state index contributed by atoms with van der Waals surface area (Å²) in [4.78, 5) is 11.6. The molecule has 1 atom stereocenters. The van der Waals surface area contributed by atoms with Crippen LogP contribution in [0.25, 0.3) is 0 Å². The molecule has 2 aromatic rings. The molecule has 0 radical (unpaired) electrons. The summed E-state index contributed by atoms with van der Waals surface area (Å²) in [6, 6.07) is 11.5. The van der Waals surface area contributed by atoms with Crippen LogP contribution in [0.1, 0.15) is 17.0 Å².